The summed E-state index contributed by atoms with van der Waals surface area (Å²) in [5.74, 6) is 2.34. The number of pyridine rings is 1. The van der Waals surface area contributed by atoms with E-state index in [1.165, 1.54) is 0 Å². The number of fused-ring (bicyclic) bond motifs is 2. The van der Waals surface area contributed by atoms with Crippen LogP contribution in [0.1, 0.15) is 29.8 Å². The minimum atomic E-state index is 0.104. The summed E-state index contributed by atoms with van der Waals surface area (Å²) in [5.41, 5.74) is 11.0. The van der Waals surface area contributed by atoms with Crippen LogP contribution in [0.25, 0.3) is 11.3 Å². The summed E-state index contributed by atoms with van der Waals surface area (Å²) in [6.45, 7) is 3.79. The first-order chi connectivity index (χ1) is 14.1. The molecule has 1 atom stereocenters. The monoisotopic (exact) mass is 391 g/mol. The number of nitrogens with zero attached hydrogens (tertiary/aromatic N) is 4. The molecule has 8 heteroatoms. The highest BCUT2D eigenvalue weighted by atomic mass is 16.7. The van der Waals surface area contributed by atoms with Crippen molar-refractivity contribution in [2.24, 2.45) is 0 Å². The highest BCUT2D eigenvalue weighted by Crippen LogP contribution is 2.43. The van der Waals surface area contributed by atoms with Gasteiger partial charge in [-0.3, -0.25) is 9.88 Å². The summed E-state index contributed by atoms with van der Waals surface area (Å²) >= 11 is 0. The number of nitrogen functional groups attached to an aromatic ring is 1. The summed E-state index contributed by atoms with van der Waals surface area (Å²) in [7, 11) is 1.63. The van der Waals surface area contributed by atoms with Gasteiger partial charge >= 0.3 is 0 Å². The van der Waals surface area contributed by atoms with Crippen LogP contribution in [0.4, 0.5) is 5.95 Å². The molecule has 0 amide bonds. The van der Waals surface area contributed by atoms with Gasteiger partial charge in [0.25, 0.3) is 0 Å². The lowest BCUT2D eigenvalue weighted by atomic mass is 10.1. The van der Waals surface area contributed by atoms with Gasteiger partial charge in [-0.1, -0.05) is 0 Å². The number of benzene rings is 1. The third-order valence-electron chi connectivity index (χ3n) is 5.42. The molecular weight excluding hydrogens is 370 g/mol. The van der Waals surface area contributed by atoms with Crippen LogP contribution >= 0.6 is 0 Å². The van der Waals surface area contributed by atoms with Crippen molar-refractivity contribution in [1.29, 1.82) is 0 Å². The number of anilines is 1. The molecular formula is C21H21N5O3. The number of rotatable bonds is 4. The average Bonchev–Trinajstić information content (AvgIpc) is 3.33. The van der Waals surface area contributed by atoms with E-state index >= 15 is 0 Å². The normalized spacial score (nSPS) is 17.4. The van der Waals surface area contributed by atoms with Gasteiger partial charge in [-0.25, -0.2) is 9.97 Å². The Kier molecular flexibility index (Phi) is 4.21. The summed E-state index contributed by atoms with van der Waals surface area (Å²) in [4.78, 5) is 15.5. The fourth-order valence-corrected chi connectivity index (χ4v) is 3.98. The molecule has 0 saturated heterocycles. The Morgan fingerprint density at radius 2 is 2.03 bits per heavy atom. The van der Waals surface area contributed by atoms with Gasteiger partial charge in [0.1, 0.15) is 0 Å². The number of ether oxygens (including phenoxy) is 3. The lowest BCUT2D eigenvalue weighted by Gasteiger charge is -2.21. The number of hydrogen-bond acceptors (Lipinski definition) is 8. The molecule has 3 aromatic rings. The van der Waals surface area contributed by atoms with Crippen molar-refractivity contribution in [1.82, 2.24) is 19.9 Å². The Hall–Kier alpha value is -3.39. The van der Waals surface area contributed by atoms with Crippen molar-refractivity contribution < 1.29 is 14.2 Å². The van der Waals surface area contributed by atoms with Gasteiger partial charge in [-0.15, -0.1) is 0 Å². The first kappa shape index (κ1) is 17.7. The number of aromatic nitrogens is 3. The highest BCUT2D eigenvalue weighted by molar-refractivity contribution is 5.65. The molecule has 0 unspecified atom stereocenters. The summed E-state index contributed by atoms with van der Waals surface area (Å²) < 4.78 is 16.5. The summed E-state index contributed by atoms with van der Waals surface area (Å²) in [6.07, 6.45) is 3.52. The SMILES string of the molecule is COc1cc(CN2Cc3c(-c4ccncc4)nc(N)nc3[C@H]2C)cc2c1OCO2. The second-order valence-corrected chi connectivity index (χ2v) is 7.14. The standard InChI is InChI=1S/C21H21N5O3/c1-12-18-15(19(25-21(22)24-18)14-3-5-23-6-4-14)10-26(12)9-13-7-16(27-2)20-17(8-13)28-11-29-20/h3-8,12H,9-11H2,1-2H3,(H2,22,24,25)/t12-/m1/s1. The molecule has 2 aliphatic rings. The van der Waals surface area contributed by atoms with Crippen molar-refractivity contribution >= 4 is 5.95 Å². The number of methoxy groups -OCH3 is 1. The Morgan fingerprint density at radius 1 is 1.21 bits per heavy atom. The highest BCUT2D eigenvalue weighted by Gasteiger charge is 2.32. The van der Waals surface area contributed by atoms with Gasteiger partial charge in [0.2, 0.25) is 18.5 Å². The quantitative estimate of drug-likeness (QED) is 0.725. The van der Waals surface area contributed by atoms with Crippen LogP contribution in [-0.2, 0) is 13.1 Å². The zero-order chi connectivity index (χ0) is 20.0. The fraction of sp³-hybridized carbons (Fsp3) is 0.286. The van der Waals surface area contributed by atoms with E-state index in [1.54, 1.807) is 19.5 Å². The largest absolute Gasteiger partial charge is 0.493 e. The Bertz CT molecular complexity index is 1070. The van der Waals surface area contributed by atoms with E-state index in [0.717, 1.165) is 34.6 Å². The molecule has 2 aliphatic heterocycles. The first-order valence-corrected chi connectivity index (χ1v) is 9.41. The van der Waals surface area contributed by atoms with E-state index < -0.39 is 0 Å². The van der Waals surface area contributed by atoms with Crippen LogP contribution in [0.15, 0.2) is 36.7 Å². The minimum absolute atomic E-state index is 0.104. The van der Waals surface area contributed by atoms with E-state index in [2.05, 4.69) is 26.8 Å². The van der Waals surface area contributed by atoms with Crippen LogP contribution < -0.4 is 19.9 Å². The van der Waals surface area contributed by atoms with Crippen molar-refractivity contribution in [2.45, 2.75) is 26.1 Å². The maximum absolute atomic E-state index is 6.03. The molecule has 1 aromatic carbocycles. The molecule has 2 N–H and O–H groups in total. The van der Waals surface area contributed by atoms with Crippen molar-refractivity contribution in [2.75, 3.05) is 19.6 Å². The van der Waals surface area contributed by atoms with Crippen LogP contribution in [-0.4, -0.2) is 33.8 Å². The minimum Gasteiger partial charge on any atom is -0.493 e. The van der Waals surface area contributed by atoms with E-state index in [9.17, 15) is 0 Å². The van der Waals surface area contributed by atoms with Crippen LogP contribution in [0.2, 0.25) is 0 Å². The van der Waals surface area contributed by atoms with Crippen molar-refractivity contribution in [3.8, 4) is 28.5 Å². The zero-order valence-corrected chi connectivity index (χ0v) is 16.3. The van der Waals surface area contributed by atoms with Crippen molar-refractivity contribution in [3.05, 3.63) is 53.5 Å². The van der Waals surface area contributed by atoms with Crippen LogP contribution in [0.5, 0.6) is 17.2 Å². The molecule has 0 aliphatic carbocycles. The van der Waals surface area contributed by atoms with E-state index in [1.807, 2.05) is 24.3 Å². The molecule has 8 nitrogen and oxygen atoms in total. The number of hydrogen-bond donors (Lipinski definition) is 1. The van der Waals surface area contributed by atoms with E-state index in [-0.39, 0.29) is 18.8 Å². The molecule has 0 bridgehead atoms. The molecule has 5 rings (SSSR count). The van der Waals surface area contributed by atoms with Gasteiger partial charge in [0.15, 0.2) is 11.5 Å². The molecule has 0 spiro atoms. The molecule has 2 aromatic heterocycles. The first-order valence-electron chi connectivity index (χ1n) is 9.41. The third-order valence-corrected chi connectivity index (χ3v) is 5.42. The van der Waals surface area contributed by atoms with Crippen LogP contribution in [0.3, 0.4) is 0 Å². The maximum atomic E-state index is 6.03. The second kappa shape index (κ2) is 6.89. The summed E-state index contributed by atoms with van der Waals surface area (Å²) in [6, 6.07) is 7.99. The van der Waals surface area contributed by atoms with Crippen LogP contribution in [0, 0.1) is 0 Å². The molecule has 29 heavy (non-hydrogen) atoms. The molecule has 0 saturated carbocycles. The molecule has 148 valence electrons. The predicted molar refractivity (Wildman–Crippen MR) is 106 cm³/mol. The lowest BCUT2D eigenvalue weighted by Crippen LogP contribution is -2.20. The molecule has 0 radical (unpaired) electrons. The predicted octanol–water partition coefficient (Wildman–Crippen LogP) is 2.93. The average molecular weight is 391 g/mol. The van der Waals surface area contributed by atoms with Gasteiger partial charge in [-0.2, -0.15) is 0 Å². The van der Waals surface area contributed by atoms with Gasteiger partial charge < -0.3 is 19.9 Å². The number of nitrogens with two attached hydrogens (primary N) is 1. The van der Waals surface area contributed by atoms with Crippen molar-refractivity contribution in [3.63, 3.8) is 0 Å². The van der Waals surface area contributed by atoms with Gasteiger partial charge in [-0.05, 0) is 36.8 Å². The molecule has 4 heterocycles. The third kappa shape index (κ3) is 3.01. The second-order valence-electron chi connectivity index (χ2n) is 7.14. The summed E-state index contributed by atoms with van der Waals surface area (Å²) in [5, 5.41) is 0. The zero-order valence-electron chi connectivity index (χ0n) is 16.3. The van der Waals surface area contributed by atoms with Gasteiger partial charge in [0.05, 0.1) is 24.5 Å². The van der Waals surface area contributed by atoms with Gasteiger partial charge in [0, 0.05) is 36.6 Å². The lowest BCUT2D eigenvalue weighted by molar-refractivity contribution is 0.171. The Labute approximate surface area is 168 Å². The van der Waals surface area contributed by atoms with E-state index in [4.69, 9.17) is 19.9 Å². The topological polar surface area (TPSA) is 95.6 Å². The maximum Gasteiger partial charge on any atom is 0.231 e. The molecule has 0 fully saturated rings. The Balaban J connectivity index is 1.48. The Morgan fingerprint density at radius 3 is 2.83 bits per heavy atom. The smallest absolute Gasteiger partial charge is 0.231 e. The fourth-order valence-electron chi connectivity index (χ4n) is 3.98. The van der Waals surface area contributed by atoms with E-state index in [0.29, 0.717) is 23.8 Å².